The number of halogens is 1. The van der Waals surface area contributed by atoms with Crippen LogP contribution in [0.15, 0.2) is 18.2 Å². The maximum absolute atomic E-state index is 13.8. The zero-order valence-electron chi connectivity index (χ0n) is 9.56. The average Bonchev–Trinajstić information content (AvgIpc) is 2.78. The molecule has 2 rings (SSSR count). The number of nitrogens with zero attached hydrogens (tertiary/aromatic N) is 2. The first-order valence-corrected chi connectivity index (χ1v) is 5.80. The first kappa shape index (κ1) is 11.9. The largest absolute Gasteiger partial charge is 0.396 e. The first-order valence-electron chi connectivity index (χ1n) is 5.80. The molecule has 1 aromatic carbocycles. The Kier molecular flexibility index (Phi) is 3.60. The van der Waals surface area contributed by atoms with Crippen LogP contribution >= 0.6 is 0 Å². The SMILES string of the molecule is N#Cc1ccc(N2CCC(CCO)C2)c(F)c1. The molecular weight excluding hydrogens is 219 g/mol. The van der Waals surface area contributed by atoms with Crippen LogP contribution in [0.25, 0.3) is 0 Å². The molecule has 17 heavy (non-hydrogen) atoms. The second kappa shape index (κ2) is 5.15. The highest BCUT2D eigenvalue weighted by Crippen LogP contribution is 2.28. The molecule has 1 aliphatic heterocycles. The lowest BCUT2D eigenvalue weighted by atomic mass is 10.1. The van der Waals surface area contributed by atoms with Gasteiger partial charge in [-0.15, -0.1) is 0 Å². The van der Waals surface area contributed by atoms with E-state index in [0.717, 1.165) is 25.9 Å². The molecule has 3 nitrogen and oxygen atoms in total. The van der Waals surface area contributed by atoms with Crippen molar-refractivity contribution in [3.63, 3.8) is 0 Å². The van der Waals surface area contributed by atoms with E-state index in [-0.39, 0.29) is 12.4 Å². The summed E-state index contributed by atoms with van der Waals surface area (Å²) in [5.74, 6) is 0.101. The fourth-order valence-corrected chi connectivity index (χ4v) is 2.30. The van der Waals surface area contributed by atoms with Crippen molar-refractivity contribution in [1.82, 2.24) is 0 Å². The summed E-state index contributed by atoms with van der Waals surface area (Å²) in [5, 5.41) is 17.6. The summed E-state index contributed by atoms with van der Waals surface area (Å²) in [6.07, 6.45) is 1.76. The van der Waals surface area contributed by atoms with E-state index in [4.69, 9.17) is 10.4 Å². The molecular formula is C13H15FN2O. The van der Waals surface area contributed by atoms with Crippen LogP contribution in [0.4, 0.5) is 10.1 Å². The number of aliphatic hydroxyl groups is 1. The topological polar surface area (TPSA) is 47.3 Å². The Morgan fingerprint density at radius 3 is 3.00 bits per heavy atom. The molecule has 1 aliphatic rings. The van der Waals surface area contributed by atoms with Gasteiger partial charge in [0.05, 0.1) is 17.3 Å². The summed E-state index contributed by atoms with van der Waals surface area (Å²) >= 11 is 0. The number of anilines is 1. The summed E-state index contributed by atoms with van der Waals surface area (Å²) in [6.45, 7) is 1.78. The van der Waals surface area contributed by atoms with Crippen LogP contribution in [-0.2, 0) is 0 Å². The minimum absolute atomic E-state index is 0.189. The number of rotatable bonds is 3. The number of hydrogen-bond donors (Lipinski definition) is 1. The predicted octanol–water partition coefficient (Wildman–Crippen LogP) is 1.91. The van der Waals surface area contributed by atoms with Gasteiger partial charge in [0.1, 0.15) is 5.82 Å². The first-order chi connectivity index (χ1) is 8.24. The molecule has 0 radical (unpaired) electrons. The van der Waals surface area contributed by atoms with E-state index >= 15 is 0 Å². The maximum Gasteiger partial charge on any atom is 0.147 e. The van der Waals surface area contributed by atoms with Gasteiger partial charge in [0.2, 0.25) is 0 Å². The van der Waals surface area contributed by atoms with Crippen LogP contribution in [0, 0.1) is 23.1 Å². The molecule has 0 amide bonds. The van der Waals surface area contributed by atoms with E-state index in [0.29, 0.717) is 17.2 Å². The van der Waals surface area contributed by atoms with Gasteiger partial charge in [0, 0.05) is 19.7 Å². The van der Waals surface area contributed by atoms with Gasteiger partial charge >= 0.3 is 0 Å². The van der Waals surface area contributed by atoms with Gasteiger partial charge in [-0.3, -0.25) is 0 Å². The zero-order valence-corrected chi connectivity index (χ0v) is 9.56. The standard InChI is InChI=1S/C13H15FN2O/c14-12-7-11(8-15)1-2-13(12)16-5-3-10(9-16)4-6-17/h1-2,7,10,17H,3-6,9H2. The van der Waals surface area contributed by atoms with Gasteiger partial charge < -0.3 is 10.0 Å². The van der Waals surface area contributed by atoms with Crippen LogP contribution in [-0.4, -0.2) is 24.8 Å². The molecule has 1 fully saturated rings. The highest BCUT2D eigenvalue weighted by Gasteiger charge is 2.23. The van der Waals surface area contributed by atoms with Crippen molar-refractivity contribution in [2.45, 2.75) is 12.8 Å². The highest BCUT2D eigenvalue weighted by molar-refractivity contribution is 5.51. The molecule has 1 aromatic rings. The molecule has 4 heteroatoms. The van der Waals surface area contributed by atoms with Gasteiger partial charge in [-0.25, -0.2) is 4.39 Å². The lowest BCUT2D eigenvalue weighted by Crippen LogP contribution is -2.21. The number of aliphatic hydroxyl groups excluding tert-OH is 1. The Bertz CT molecular complexity index is 442. The number of benzene rings is 1. The van der Waals surface area contributed by atoms with Gasteiger partial charge in [-0.1, -0.05) is 0 Å². The number of hydrogen-bond acceptors (Lipinski definition) is 3. The molecule has 1 atom stereocenters. The fourth-order valence-electron chi connectivity index (χ4n) is 2.30. The Labute approximate surface area is 100 Å². The van der Waals surface area contributed by atoms with Gasteiger partial charge in [-0.2, -0.15) is 5.26 Å². The van der Waals surface area contributed by atoms with Crippen LogP contribution in [0.5, 0.6) is 0 Å². The summed E-state index contributed by atoms with van der Waals surface area (Å²) in [6, 6.07) is 6.49. The Morgan fingerprint density at radius 2 is 2.35 bits per heavy atom. The minimum atomic E-state index is -0.339. The molecule has 1 saturated heterocycles. The van der Waals surface area contributed by atoms with Gasteiger partial charge in [0.15, 0.2) is 0 Å². The summed E-state index contributed by atoms with van der Waals surface area (Å²) in [4.78, 5) is 1.98. The van der Waals surface area contributed by atoms with Crippen molar-refractivity contribution in [2.75, 3.05) is 24.6 Å². The van der Waals surface area contributed by atoms with E-state index in [9.17, 15) is 4.39 Å². The number of nitriles is 1. The molecule has 90 valence electrons. The van der Waals surface area contributed by atoms with Crippen molar-refractivity contribution in [3.8, 4) is 6.07 Å². The molecule has 0 spiro atoms. The van der Waals surface area contributed by atoms with Gasteiger partial charge in [-0.05, 0) is 37.0 Å². The average molecular weight is 234 g/mol. The van der Waals surface area contributed by atoms with Crippen LogP contribution in [0.2, 0.25) is 0 Å². The van der Waals surface area contributed by atoms with Crippen LogP contribution in [0.3, 0.4) is 0 Å². The van der Waals surface area contributed by atoms with Crippen molar-refractivity contribution in [3.05, 3.63) is 29.6 Å². The lowest BCUT2D eigenvalue weighted by Gasteiger charge is -2.19. The molecule has 0 bridgehead atoms. The van der Waals surface area contributed by atoms with Crippen molar-refractivity contribution in [1.29, 1.82) is 5.26 Å². The van der Waals surface area contributed by atoms with E-state index in [1.807, 2.05) is 11.0 Å². The molecule has 0 aliphatic carbocycles. The van der Waals surface area contributed by atoms with Gasteiger partial charge in [0.25, 0.3) is 0 Å². The predicted molar refractivity (Wildman–Crippen MR) is 63.1 cm³/mol. The molecule has 1 N–H and O–H groups in total. The summed E-state index contributed by atoms with van der Waals surface area (Å²) < 4.78 is 13.8. The van der Waals surface area contributed by atoms with E-state index in [1.165, 1.54) is 6.07 Å². The minimum Gasteiger partial charge on any atom is -0.396 e. The smallest absolute Gasteiger partial charge is 0.147 e. The lowest BCUT2D eigenvalue weighted by molar-refractivity contribution is 0.263. The quantitative estimate of drug-likeness (QED) is 0.869. The van der Waals surface area contributed by atoms with Crippen molar-refractivity contribution >= 4 is 5.69 Å². The van der Waals surface area contributed by atoms with Crippen LogP contribution < -0.4 is 4.90 Å². The zero-order chi connectivity index (χ0) is 12.3. The van der Waals surface area contributed by atoms with Crippen molar-refractivity contribution in [2.24, 2.45) is 5.92 Å². The third kappa shape index (κ3) is 2.56. The monoisotopic (exact) mass is 234 g/mol. The summed E-state index contributed by atoms with van der Waals surface area (Å²) in [7, 11) is 0. The Balaban J connectivity index is 2.11. The summed E-state index contributed by atoms with van der Waals surface area (Å²) in [5.41, 5.74) is 0.904. The maximum atomic E-state index is 13.8. The highest BCUT2D eigenvalue weighted by atomic mass is 19.1. The molecule has 1 heterocycles. The molecule has 0 aromatic heterocycles. The van der Waals surface area contributed by atoms with Crippen LogP contribution in [0.1, 0.15) is 18.4 Å². The van der Waals surface area contributed by atoms with Crippen molar-refractivity contribution < 1.29 is 9.50 Å². The fraction of sp³-hybridized carbons (Fsp3) is 0.462. The Hall–Kier alpha value is -1.60. The third-order valence-corrected chi connectivity index (χ3v) is 3.24. The Morgan fingerprint density at radius 1 is 1.53 bits per heavy atom. The third-order valence-electron chi connectivity index (χ3n) is 3.24. The second-order valence-corrected chi connectivity index (χ2v) is 4.39. The molecule has 0 saturated carbocycles. The molecule has 1 unspecified atom stereocenters. The second-order valence-electron chi connectivity index (χ2n) is 4.39. The van der Waals surface area contributed by atoms with E-state index in [1.54, 1.807) is 12.1 Å². The van der Waals surface area contributed by atoms with E-state index < -0.39 is 0 Å². The normalized spacial score (nSPS) is 19.4. The van der Waals surface area contributed by atoms with E-state index in [2.05, 4.69) is 0 Å².